The summed E-state index contributed by atoms with van der Waals surface area (Å²) in [7, 11) is 2.23. The van der Waals surface area contributed by atoms with Gasteiger partial charge in [0.2, 0.25) is 0 Å². The van der Waals surface area contributed by atoms with Crippen LogP contribution in [0.4, 0.5) is 5.82 Å². The zero-order valence-electron chi connectivity index (χ0n) is 14.9. The molecule has 2 aliphatic rings. The molecule has 0 saturated heterocycles. The van der Waals surface area contributed by atoms with Crippen LogP contribution in [-0.4, -0.2) is 17.0 Å². The van der Waals surface area contributed by atoms with Crippen molar-refractivity contribution < 1.29 is 0 Å². The Bertz CT molecular complexity index is 959. The van der Waals surface area contributed by atoms with Gasteiger partial charge in [-0.15, -0.1) is 11.3 Å². The lowest BCUT2D eigenvalue weighted by Crippen LogP contribution is -2.28. The Balaban J connectivity index is 1.66. The number of nitrogens with zero attached hydrogens (tertiary/aromatic N) is 3. The van der Waals surface area contributed by atoms with E-state index in [0.29, 0.717) is 6.04 Å². The van der Waals surface area contributed by atoms with Crippen LogP contribution in [0, 0.1) is 6.92 Å². The molecule has 3 nitrogen and oxygen atoms in total. The molecule has 0 bridgehead atoms. The summed E-state index contributed by atoms with van der Waals surface area (Å²) in [6.07, 6.45) is 7.33. The van der Waals surface area contributed by atoms with Crippen LogP contribution >= 0.6 is 11.3 Å². The van der Waals surface area contributed by atoms with Crippen LogP contribution in [0.25, 0.3) is 10.2 Å². The Morgan fingerprint density at radius 1 is 1.08 bits per heavy atom. The fourth-order valence-corrected chi connectivity index (χ4v) is 5.92. The average molecular weight is 350 g/mol. The summed E-state index contributed by atoms with van der Waals surface area (Å²) < 4.78 is 0. The maximum atomic E-state index is 4.92. The van der Waals surface area contributed by atoms with E-state index in [4.69, 9.17) is 9.97 Å². The molecule has 5 rings (SSSR count). The third-order valence-corrected chi connectivity index (χ3v) is 6.98. The van der Waals surface area contributed by atoms with Crippen LogP contribution in [0.15, 0.2) is 24.3 Å². The molecule has 2 aliphatic carbocycles. The summed E-state index contributed by atoms with van der Waals surface area (Å²) in [6, 6.07) is 9.35. The molecular formula is C21H23N3S. The van der Waals surface area contributed by atoms with E-state index in [-0.39, 0.29) is 0 Å². The summed E-state index contributed by atoms with van der Waals surface area (Å²) in [5.41, 5.74) is 4.50. The highest BCUT2D eigenvalue weighted by Gasteiger charge is 2.28. The Labute approximate surface area is 152 Å². The number of aryl methyl sites for hydroxylation is 4. The third kappa shape index (κ3) is 2.38. The van der Waals surface area contributed by atoms with E-state index in [0.717, 1.165) is 11.6 Å². The van der Waals surface area contributed by atoms with Crippen molar-refractivity contribution in [3.63, 3.8) is 0 Å². The Morgan fingerprint density at radius 2 is 1.96 bits per heavy atom. The minimum atomic E-state index is 0.416. The molecule has 0 aliphatic heterocycles. The second-order valence-corrected chi connectivity index (χ2v) is 8.43. The largest absolute Gasteiger partial charge is 0.352 e. The first-order chi connectivity index (χ1) is 12.2. The van der Waals surface area contributed by atoms with Gasteiger partial charge in [-0.25, -0.2) is 9.97 Å². The maximum absolute atomic E-state index is 4.92. The standard InChI is InChI=1S/C21H23N3S/c1-13-22-20(19-16-10-6-12-18(16)25-21(19)23-13)24(2)17-11-5-8-14-7-3-4-9-15(14)17/h3-4,7,9,17H,5-6,8,10-12H2,1-2H3. The summed E-state index contributed by atoms with van der Waals surface area (Å²) >= 11 is 1.89. The normalized spacial score (nSPS) is 19.0. The van der Waals surface area contributed by atoms with Gasteiger partial charge in [-0.1, -0.05) is 24.3 Å². The molecule has 0 spiro atoms. The predicted octanol–water partition coefficient (Wildman–Crippen LogP) is 5.00. The molecule has 2 heterocycles. The molecule has 2 aromatic heterocycles. The van der Waals surface area contributed by atoms with Gasteiger partial charge < -0.3 is 4.90 Å². The van der Waals surface area contributed by atoms with Crippen molar-refractivity contribution in [2.24, 2.45) is 0 Å². The Kier molecular flexibility index (Phi) is 3.56. The van der Waals surface area contributed by atoms with E-state index >= 15 is 0 Å². The van der Waals surface area contributed by atoms with Crippen LogP contribution in [-0.2, 0) is 19.3 Å². The average Bonchev–Trinajstić information content (AvgIpc) is 3.20. The molecule has 0 fully saturated rings. The Hall–Kier alpha value is -1.94. The van der Waals surface area contributed by atoms with Crippen molar-refractivity contribution in [3.8, 4) is 0 Å². The lowest BCUT2D eigenvalue weighted by Gasteiger charge is -2.34. The van der Waals surface area contributed by atoms with Crippen LogP contribution < -0.4 is 4.90 Å². The van der Waals surface area contributed by atoms with Crippen molar-refractivity contribution in [3.05, 3.63) is 51.7 Å². The van der Waals surface area contributed by atoms with Gasteiger partial charge >= 0.3 is 0 Å². The van der Waals surface area contributed by atoms with Crippen molar-refractivity contribution in [2.75, 3.05) is 11.9 Å². The van der Waals surface area contributed by atoms with Crippen LogP contribution in [0.3, 0.4) is 0 Å². The first-order valence-corrected chi connectivity index (χ1v) is 10.1. The molecule has 1 atom stereocenters. The SMILES string of the molecule is Cc1nc(N(C)C2CCCc3ccccc32)c2c3c(sc2n1)CCC3. The zero-order chi connectivity index (χ0) is 17.0. The second kappa shape index (κ2) is 5.80. The van der Waals surface area contributed by atoms with Gasteiger partial charge in [0.1, 0.15) is 16.5 Å². The van der Waals surface area contributed by atoms with E-state index in [1.807, 2.05) is 18.3 Å². The minimum absolute atomic E-state index is 0.416. The lowest BCUT2D eigenvalue weighted by atomic mass is 9.87. The summed E-state index contributed by atoms with van der Waals surface area (Å²) in [6.45, 7) is 2.02. The Morgan fingerprint density at radius 3 is 2.88 bits per heavy atom. The summed E-state index contributed by atoms with van der Waals surface area (Å²) in [5, 5.41) is 1.33. The summed E-state index contributed by atoms with van der Waals surface area (Å²) in [4.78, 5) is 14.8. The molecule has 1 aromatic carbocycles. The maximum Gasteiger partial charge on any atom is 0.141 e. The first kappa shape index (κ1) is 15.3. The number of anilines is 1. The third-order valence-electron chi connectivity index (χ3n) is 5.80. The fourth-order valence-electron chi connectivity index (χ4n) is 4.61. The number of hydrogen-bond donors (Lipinski definition) is 0. The fraction of sp³-hybridized carbons (Fsp3) is 0.429. The number of rotatable bonds is 2. The van der Waals surface area contributed by atoms with Gasteiger partial charge in [0.25, 0.3) is 0 Å². The highest BCUT2D eigenvalue weighted by atomic mass is 32.1. The van der Waals surface area contributed by atoms with E-state index in [1.54, 1.807) is 0 Å². The lowest BCUT2D eigenvalue weighted by molar-refractivity contribution is 0.542. The van der Waals surface area contributed by atoms with Crippen LogP contribution in [0.1, 0.15) is 52.7 Å². The molecule has 0 saturated carbocycles. The molecule has 4 heteroatoms. The number of benzene rings is 1. The molecule has 0 radical (unpaired) electrons. The van der Waals surface area contributed by atoms with Gasteiger partial charge in [-0.2, -0.15) is 0 Å². The molecule has 1 unspecified atom stereocenters. The molecule has 128 valence electrons. The van der Waals surface area contributed by atoms with E-state index in [9.17, 15) is 0 Å². The van der Waals surface area contributed by atoms with Crippen molar-refractivity contribution in [2.45, 2.75) is 51.5 Å². The molecule has 3 aromatic rings. The molecule has 0 N–H and O–H groups in total. The second-order valence-electron chi connectivity index (χ2n) is 7.35. The monoisotopic (exact) mass is 349 g/mol. The number of fused-ring (bicyclic) bond motifs is 4. The number of aromatic nitrogens is 2. The number of thiophene rings is 1. The quantitative estimate of drug-likeness (QED) is 0.652. The van der Waals surface area contributed by atoms with Crippen LogP contribution in [0.2, 0.25) is 0 Å². The molecule has 25 heavy (non-hydrogen) atoms. The zero-order valence-corrected chi connectivity index (χ0v) is 15.7. The summed E-state index contributed by atoms with van der Waals surface area (Å²) in [5.74, 6) is 2.03. The van der Waals surface area contributed by atoms with Gasteiger partial charge in [0.05, 0.1) is 11.4 Å². The number of hydrogen-bond acceptors (Lipinski definition) is 4. The predicted molar refractivity (Wildman–Crippen MR) is 105 cm³/mol. The smallest absolute Gasteiger partial charge is 0.141 e. The van der Waals surface area contributed by atoms with E-state index in [2.05, 4.69) is 36.2 Å². The van der Waals surface area contributed by atoms with Gasteiger partial charge in [-0.05, 0) is 62.1 Å². The first-order valence-electron chi connectivity index (χ1n) is 9.32. The van der Waals surface area contributed by atoms with Gasteiger partial charge in [0.15, 0.2) is 0 Å². The molecule has 0 amide bonds. The van der Waals surface area contributed by atoms with Crippen molar-refractivity contribution in [1.29, 1.82) is 0 Å². The highest BCUT2D eigenvalue weighted by molar-refractivity contribution is 7.19. The topological polar surface area (TPSA) is 29.0 Å². The van der Waals surface area contributed by atoms with E-state index in [1.165, 1.54) is 70.3 Å². The van der Waals surface area contributed by atoms with Crippen molar-refractivity contribution in [1.82, 2.24) is 9.97 Å². The van der Waals surface area contributed by atoms with Gasteiger partial charge in [-0.3, -0.25) is 0 Å². The van der Waals surface area contributed by atoms with Crippen LogP contribution in [0.5, 0.6) is 0 Å². The van der Waals surface area contributed by atoms with Crippen molar-refractivity contribution >= 4 is 27.4 Å². The van der Waals surface area contributed by atoms with Gasteiger partial charge in [0, 0.05) is 11.9 Å². The minimum Gasteiger partial charge on any atom is -0.352 e. The molecular weight excluding hydrogens is 326 g/mol. The van der Waals surface area contributed by atoms with E-state index < -0.39 is 0 Å². The highest BCUT2D eigenvalue weighted by Crippen LogP contribution is 2.43.